The molecule has 1 unspecified atom stereocenters. The molecule has 2 aromatic rings. The molecule has 3 fully saturated rings. The maximum Gasteiger partial charge on any atom is 0.233 e. The van der Waals surface area contributed by atoms with Gasteiger partial charge in [-0.25, -0.2) is 4.98 Å². The molecule has 1 N–H and O–H groups in total. The van der Waals surface area contributed by atoms with E-state index in [-0.39, 0.29) is 18.1 Å². The quantitative estimate of drug-likeness (QED) is 0.783. The summed E-state index contributed by atoms with van der Waals surface area (Å²) in [6.07, 6.45) is 7.76. The lowest BCUT2D eigenvalue weighted by Crippen LogP contribution is -2.52. The Kier molecular flexibility index (Phi) is 5.31. The predicted octanol–water partition coefficient (Wildman–Crippen LogP) is 3.63. The minimum Gasteiger partial charge on any atom is -0.497 e. The number of aliphatic hydroxyl groups is 1. The number of hydrogen-bond acceptors (Lipinski definition) is 6. The van der Waals surface area contributed by atoms with Crippen molar-refractivity contribution in [1.29, 1.82) is 0 Å². The minimum absolute atomic E-state index is 0.248. The van der Waals surface area contributed by atoms with Crippen LogP contribution in [0.25, 0.3) is 0 Å². The Morgan fingerprint density at radius 2 is 1.87 bits per heavy atom. The molecule has 2 aliphatic heterocycles. The number of likely N-dealkylation sites (tertiary alicyclic amines) is 1. The Morgan fingerprint density at radius 3 is 2.48 bits per heavy atom. The first-order valence-electron chi connectivity index (χ1n) is 11.2. The molecule has 6 nitrogen and oxygen atoms in total. The van der Waals surface area contributed by atoms with Crippen molar-refractivity contribution >= 4 is 17.2 Å². The summed E-state index contributed by atoms with van der Waals surface area (Å²) in [4.78, 5) is 20.1. The second-order valence-electron chi connectivity index (χ2n) is 9.33. The summed E-state index contributed by atoms with van der Waals surface area (Å²) in [6, 6.07) is 8.03. The Balaban J connectivity index is 1.30. The van der Waals surface area contributed by atoms with E-state index >= 15 is 0 Å². The van der Waals surface area contributed by atoms with E-state index in [1.165, 1.54) is 11.3 Å². The molecular formula is C24H30N2O4S. The number of hydrogen-bond donors (Lipinski definition) is 1. The zero-order valence-electron chi connectivity index (χ0n) is 18.0. The van der Waals surface area contributed by atoms with Crippen LogP contribution in [0.3, 0.4) is 0 Å². The van der Waals surface area contributed by atoms with E-state index in [0.717, 1.165) is 54.8 Å². The van der Waals surface area contributed by atoms with Gasteiger partial charge in [0, 0.05) is 31.1 Å². The summed E-state index contributed by atoms with van der Waals surface area (Å²) in [5, 5.41) is 13.7. The van der Waals surface area contributed by atoms with E-state index in [0.29, 0.717) is 19.5 Å². The summed E-state index contributed by atoms with van der Waals surface area (Å²) in [6.45, 7) is 1.62. The largest absolute Gasteiger partial charge is 0.497 e. The number of rotatable bonds is 4. The van der Waals surface area contributed by atoms with Gasteiger partial charge in [0.25, 0.3) is 0 Å². The molecule has 1 aromatic heterocycles. The summed E-state index contributed by atoms with van der Waals surface area (Å²) in [5.41, 5.74) is -0.683. The molecule has 2 saturated heterocycles. The van der Waals surface area contributed by atoms with Gasteiger partial charge in [0.05, 0.1) is 24.7 Å². The van der Waals surface area contributed by atoms with E-state index in [1.807, 2.05) is 22.4 Å². The lowest BCUT2D eigenvalue weighted by atomic mass is 9.76. The summed E-state index contributed by atoms with van der Waals surface area (Å²) < 4.78 is 11.5. The molecule has 166 valence electrons. The van der Waals surface area contributed by atoms with Crippen molar-refractivity contribution < 1.29 is 19.4 Å². The van der Waals surface area contributed by atoms with Gasteiger partial charge in [-0.1, -0.05) is 25.0 Å². The average Bonchev–Trinajstić information content (AvgIpc) is 3.56. The van der Waals surface area contributed by atoms with Crippen molar-refractivity contribution in [3.63, 3.8) is 0 Å². The van der Waals surface area contributed by atoms with Crippen LogP contribution in [-0.2, 0) is 20.5 Å². The van der Waals surface area contributed by atoms with Crippen LogP contribution in [0.15, 0.2) is 35.8 Å². The van der Waals surface area contributed by atoms with Crippen LogP contribution in [0.2, 0.25) is 0 Å². The molecule has 3 aliphatic rings. The Bertz CT molecular complexity index is 916. The molecule has 31 heavy (non-hydrogen) atoms. The number of piperidine rings is 1. The lowest BCUT2D eigenvalue weighted by Gasteiger charge is -2.42. The number of ether oxygens (including phenoxy) is 2. The van der Waals surface area contributed by atoms with Crippen LogP contribution in [0, 0.1) is 0 Å². The first kappa shape index (κ1) is 20.9. The van der Waals surface area contributed by atoms with Crippen molar-refractivity contribution in [2.24, 2.45) is 0 Å². The molecule has 1 saturated carbocycles. The molecule has 1 amide bonds. The molecule has 1 spiro atoms. The van der Waals surface area contributed by atoms with E-state index < -0.39 is 11.0 Å². The summed E-state index contributed by atoms with van der Waals surface area (Å²) >= 11 is 1.47. The van der Waals surface area contributed by atoms with Crippen molar-refractivity contribution in [1.82, 2.24) is 9.88 Å². The first-order chi connectivity index (χ1) is 15.0. The van der Waals surface area contributed by atoms with Crippen molar-refractivity contribution in [2.75, 3.05) is 26.8 Å². The topological polar surface area (TPSA) is 71.9 Å². The third-order valence-corrected chi connectivity index (χ3v) is 8.50. The Labute approximate surface area is 187 Å². The zero-order valence-corrected chi connectivity index (χ0v) is 18.8. The number of carbonyl (C=O) groups excluding carboxylic acids is 1. The van der Waals surface area contributed by atoms with Gasteiger partial charge in [-0.05, 0) is 43.4 Å². The maximum absolute atomic E-state index is 13.8. The molecule has 7 heteroatoms. The fraction of sp³-hybridized carbons (Fsp3) is 0.583. The van der Waals surface area contributed by atoms with Crippen LogP contribution >= 0.6 is 11.3 Å². The summed E-state index contributed by atoms with van der Waals surface area (Å²) in [7, 11) is 1.66. The van der Waals surface area contributed by atoms with Crippen molar-refractivity contribution in [3.05, 3.63) is 46.4 Å². The number of methoxy groups -OCH3 is 1. The van der Waals surface area contributed by atoms with E-state index in [9.17, 15) is 9.90 Å². The highest BCUT2D eigenvalue weighted by Crippen LogP contribution is 2.48. The normalized spacial score (nSPS) is 27.0. The van der Waals surface area contributed by atoms with Crippen LogP contribution in [0.5, 0.6) is 5.75 Å². The fourth-order valence-corrected chi connectivity index (χ4v) is 6.48. The Morgan fingerprint density at radius 1 is 1.16 bits per heavy atom. The molecule has 1 aromatic carbocycles. The average molecular weight is 443 g/mol. The van der Waals surface area contributed by atoms with Crippen molar-refractivity contribution in [3.8, 4) is 5.75 Å². The SMILES string of the molecule is COc1ccc(C2(C(=O)N3CCC4(CC3)CC(O)(c3nccs3)CO4)CCCC2)cc1. The monoisotopic (exact) mass is 442 g/mol. The molecular weight excluding hydrogens is 412 g/mol. The van der Waals surface area contributed by atoms with Gasteiger partial charge in [-0.15, -0.1) is 11.3 Å². The maximum atomic E-state index is 13.8. The molecule has 1 atom stereocenters. The fourth-order valence-electron chi connectivity index (χ4n) is 5.75. The van der Waals surface area contributed by atoms with Gasteiger partial charge >= 0.3 is 0 Å². The van der Waals surface area contributed by atoms with Gasteiger partial charge in [0.2, 0.25) is 5.91 Å². The second-order valence-corrected chi connectivity index (χ2v) is 10.2. The van der Waals surface area contributed by atoms with E-state index in [4.69, 9.17) is 9.47 Å². The number of carbonyl (C=O) groups is 1. The van der Waals surface area contributed by atoms with Gasteiger partial charge in [-0.2, -0.15) is 0 Å². The second kappa shape index (κ2) is 7.87. The van der Waals surface area contributed by atoms with Crippen molar-refractivity contribution in [2.45, 2.75) is 61.6 Å². The third kappa shape index (κ3) is 3.56. The highest BCUT2D eigenvalue weighted by molar-refractivity contribution is 7.09. The number of benzene rings is 1. The predicted molar refractivity (Wildman–Crippen MR) is 118 cm³/mol. The minimum atomic E-state index is -1.00. The summed E-state index contributed by atoms with van der Waals surface area (Å²) in [5.74, 6) is 1.06. The van der Waals surface area contributed by atoms with Gasteiger partial charge in [0.15, 0.2) is 0 Å². The number of nitrogens with zero attached hydrogens (tertiary/aromatic N) is 2. The van der Waals surface area contributed by atoms with E-state index in [1.54, 1.807) is 13.3 Å². The van der Waals surface area contributed by atoms with E-state index in [2.05, 4.69) is 17.1 Å². The smallest absolute Gasteiger partial charge is 0.233 e. The van der Waals surface area contributed by atoms with Gasteiger partial charge in [-0.3, -0.25) is 4.79 Å². The van der Waals surface area contributed by atoms with Crippen LogP contribution in [-0.4, -0.2) is 53.3 Å². The molecule has 3 heterocycles. The van der Waals surface area contributed by atoms with Crippen LogP contribution in [0.4, 0.5) is 0 Å². The molecule has 1 aliphatic carbocycles. The number of thiazole rings is 1. The standard InChI is InChI=1S/C24H30N2O4S/c1-29-19-6-4-18(5-7-19)23(8-2-3-9-23)21(27)26-13-10-22(11-14-26)16-24(28,17-30-22)20-25-12-15-31-20/h4-7,12,15,28H,2-3,8-11,13-14,16-17H2,1H3. The first-order valence-corrected chi connectivity index (χ1v) is 12.1. The van der Waals surface area contributed by atoms with Crippen LogP contribution < -0.4 is 4.74 Å². The highest BCUT2D eigenvalue weighted by Gasteiger charge is 2.53. The lowest BCUT2D eigenvalue weighted by molar-refractivity contribution is -0.142. The zero-order chi connectivity index (χ0) is 21.5. The number of amides is 1. The van der Waals surface area contributed by atoms with Gasteiger partial charge in [0.1, 0.15) is 16.4 Å². The Hall–Kier alpha value is -1.96. The molecule has 0 bridgehead atoms. The molecule has 5 rings (SSSR count). The highest BCUT2D eigenvalue weighted by atomic mass is 32.1. The molecule has 0 radical (unpaired) electrons. The third-order valence-electron chi connectivity index (χ3n) is 7.53. The van der Waals surface area contributed by atoms with Crippen LogP contribution in [0.1, 0.15) is 55.5 Å². The number of aromatic nitrogens is 1. The van der Waals surface area contributed by atoms with Gasteiger partial charge < -0.3 is 19.5 Å².